The zero-order valence-corrected chi connectivity index (χ0v) is 14.6. The third kappa shape index (κ3) is 5.44. The van der Waals surface area contributed by atoms with Gasteiger partial charge in [-0.15, -0.1) is 0 Å². The first-order valence-electron chi connectivity index (χ1n) is 7.97. The van der Waals surface area contributed by atoms with Gasteiger partial charge >= 0.3 is 0 Å². The second-order valence-electron chi connectivity index (χ2n) is 5.66. The van der Waals surface area contributed by atoms with E-state index >= 15 is 0 Å². The fraction of sp³-hybridized carbons (Fsp3) is 0.588. The van der Waals surface area contributed by atoms with Crippen LogP contribution in [-0.4, -0.2) is 43.2 Å². The molecule has 1 saturated heterocycles. The maximum absolute atomic E-state index is 5.97. The van der Waals surface area contributed by atoms with Gasteiger partial charge < -0.3 is 15.4 Å². The van der Waals surface area contributed by atoms with E-state index in [0.717, 1.165) is 35.6 Å². The fourth-order valence-electron chi connectivity index (χ4n) is 2.42. The molecule has 0 aliphatic carbocycles. The number of para-hydroxylation sites is 1. The molecule has 2 atom stereocenters. The average Bonchev–Trinajstić information content (AvgIpc) is 3.03. The highest BCUT2D eigenvalue weighted by molar-refractivity contribution is 8.00. The van der Waals surface area contributed by atoms with E-state index in [2.05, 4.69) is 47.3 Å². The number of hydrogen-bond acceptors (Lipinski definition) is 3. The summed E-state index contributed by atoms with van der Waals surface area (Å²) in [5.74, 6) is 3.09. The van der Waals surface area contributed by atoms with Crippen molar-refractivity contribution in [2.45, 2.75) is 38.0 Å². The molecule has 22 heavy (non-hydrogen) atoms. The van der Waals surface area contributed by atoms with Crippen LogP contribution in [0.3, 0.4) is 0 Å². The Kier molecular flexibility index (Phi) is 6.90. The molecule has 1 aliphatic rings. The predicted molar refractivity (Wildman–Crippen MR) is 96.1 cm³/mol. The number of ether oxygens (including phenoxy) is 1. The van der Waals surface area contributed by atoms with Crippen LogP contribution in [0.15, 0.2) is 29.3 Å². The van der Waals surface area contributed by atoms with Gasteiger partial charge in [0.05, 0.1) is 6.54 Å². The Bertz CT molecular complexity index is 487. The summed E-state index contributed by atoms with van der Waals surface area (Å²) in [5, 5.41) is 7.46. The Morgan fingerprint density at radius 2 is 2.23 bits per heavy atom. The fourth-order valence-corrected chi connectivity index (χ4v) is 3.63. The normalized spacial score (nSPS) is 19.8. The second-order valence-corrected chi connectivity index (χ2v) is 7.07. The van der Waals surface area contributed by atoms with Gasteiger partial charge in [-0.3, -0.25) is 4.99 Å². The standard InChI is InChI=1S/C17H27N3OS/c1-13-7-4-5-9-16(13)21-14(2)11-19-17(18-3)20-12-15-8-6-10-22-15/h4-5,7,9,14-15H,6,8,10-12H2,1-3H3,(H2,18,19,20). The van der Waals surface area contributed by atoms with Crippen molar-refractivity contribution in [1.82, 2.24) is 10.6 Å². The maximum Gasteiger partial charge on any atom is 0.191 e. The van der Waals surface area contributed by atoms with Gasteiger partial charge in [-0.25, -0.2) is 0 Å². The lowest BCUT2D eigenvalue weighted by molar-refractivity contribution is 0.222. The molecule has 4 nitrogen and oxygen atoms in total. The van der Waals surface area contributed by atoms with Crippen LogP contribution in [0, 0.1) is 6.92 Å². The van der Waals surface area contributed by atoms with Crippen molar-refractivity contribution < 1.29 is 4.74 Å². The molecule has 0 aromatic heterocycles. The number of aryl methyl sites for hydroxylation is 1. The number of rotatable bonds is 6. The molecular formula is C17H27N3OS. The van der Waals surface area contributed by atoms with E-state index in [-0.39, 0.29) is 6.10 Å². The van der Waals surface area contributed by atoms with E-state index in [4.69, 9.17) is 4.74 Å². The number of nitrogens with one attached hydrogen (secondary N) is 2. The summed E-state index contributed by atoms with van der Waals surface area (Å²) < 4.78 is 5.97. The van der Waals surface area contributed by atoms with Crippen molar-refractivity contribution in [3.63, 3.8) is 0 Å². The Hall–Kier alpha value is -1.36. The first kappa shape index (κ1) is 17.0. The van der Waals surface area contributed by atoms with E-state index in [0.29, 0.717) is 0 Å². The minimum absolute atomic E-state index is 0.0838. The molecule has 0 radical (unpaired) electrons. The Labute approximate surface area is 138 Å². The van der Waals surface area contributed by atoms with Crippen molar-refractivity contribution in [2.24, 2.45) is 4.99 Å². The van der Waals surface area contributed by atoms with Gasteiger partial charge in [-0.2, -0.15) is 11.8 Å². The molecule has 1 aliphatic heterocycles. The van der Waals surface area contributed by atoms with E-state index < -0.39 is 0 Å². The maximum atomic E-state index is 5.97. The van der Waals surface area contributed by atoms with Crippen LogP contribution in [0.25, 0.3) is 0 Å². The molecule has 1 aromatic carbocycles. The van der Waals surface area contributed by atoms with Crippen LogP contribution in [0.1, 0.15) is 25.3 Å². The highest BCUT2D eigenvalue weighted by atomic mass is 32.2. The Balaban J connectivity index is 1.71. The van der Waals surface area contributed by atoms with Crippen LogP contribution >= 0.6 is 11.8 Å². The average molecular weight is 321 g/mol. The summed E-state index contributed by atoms with van der Waals surface area (Å²) in [6.07, 6.45) is 2.73. The molecule has 2 unspecified atom stereocenters. The van der Waals surface area contributed by atoms with Gasteiger partial charge in [0, 0.05) is 18.8 Å². The lowest BCUT2D eigenvalue weighted by Gasteiger charge is -2.19. The van der Waals surface area contributed by atoms with Gasteiger partial charge in [0.1, 0.15) is 11.9 Å². The summed E-state index contributed by atoms with van der Waals surface area (Å²) in [7, 11) is 1.81. The summed E-state index contributed by atoms with van der Waals surface area (Å²) in [6, 6.07) is 8.10. The van der Waals surface area contributed by atoms with E-state index in [1.54, 1.807) is 0 Å². The summed E-state index contributed by atoms with van der Waals surface area (Å²) in [5.41, 5.74) is 1.16. The lowest BCUT2D eigenvalue weighted by atomic mass is 10.2. The van der Waals surface area contributed by atoms with E-state index in [9.17, 15) is 0 Å². The SMILES string of the molecule is CN=C(NCC(C)Oc1ccccc1C)NCC1CCCS1. The monoisotopic (exact) mass is 321 g/mol. The minimum atomic E-state index is 0.0838. The van der Waals surface area contributed by atoms with Crippen LogP contribution in [-0.2, 0) is 0 Å². The Morgan fingerprint density at radius 1 is 1.41 bits per heavy atom. The number of guanidine groups is 1. The summed E-state index contributed by atoms with van der Waals surface area (Å²) in [6.45, 7) is 5.85. The minimum Gasteiger partial charge on any atom is -0.489 e. The highest BCUT2D eigenvalue weighted by Gasteiger charge is 2.15. The predicted octanol–water partition coefficient (Wildman–Crippen LogP) is 2.82. The van der Waals surface area contributed by atoms with Crippen molar-refractivity contribution in [1.29, 1.82) is 0 Å². The lowest BCUT2D eigenvalue weighted by Crippen LogP contribution is -2.43. The zero-order valence-electron chi connectivity index (χ0n) is 13.8. The molecule has 0 bridgehead atoms. The third-order valence-corrected chi connectivity index (χ3v) is 5.12. The molecule has 1 aromatic rings. The molecule has 2 N–H and O–H groups in total. The summed E-state index contributed by atoms with van der Waals surface area (Å²) >= 11 is 2.05. The van der Waals surface area contributed by atoms with Crippen LogP contribution in [0.2, 0.25) is 0 Å². The number of aliphatic imine (C=N–C) groups is 1. The largest absolute Gasteiger partial charge is 0.489 e. The molecular weight excluding hydrogens is 294 g/mol. The highest BCUT2D eigenvalue weighted by Crippen LogP contribution is 2.25. The molecule has 0 amide bonds. The number of nitrogens with zero attached hydrogens (tertiary/aromatic N) is 1. The van der Waals surface area contributed by atoms with Gasteiger partial charge in [0.15, 0.2) is 5.96 Å². The van der Waals surface area contributed by atoms with Gasteiger partial charge in [-0.05, 0) is 44.1 Å². The smallest absolute Gasteiger partial charge is 0.191 e. The second kappa shape index (κ2) is 8.93. The third-order valence-electron chi connectivity index (χ3n) is 3.72. The zero-order chi connectivity index (χ0) is 15.8. The van der Waals surface area contributed by atoms with E-state index in [1.165, 1.54) is 18.6 Å². The van der Waals surface area contributed by atoms with Crippen LogP contribution in [0.4, 0.5) is 0 Å². The summed E-state index contributed by atoms with van der Waals surface area (Å²) in [4.78, 5) is 4.28. The van der Waals surface area contributed by atoms with Gasteiger partial charge in [0.25, 0.3) is 0 Å². The first-order chi connectivity index (χ1) is 10.7. The number of hydrogen-bond donors (Lipinski definition) is 2. The Morgan fingerprint density at radius 3 is 2.91 bits per heavy atom. The molecule has 1 heterocycles. The van der Waals surface area contributed by atoms with Crippen LogP contribution in [0.5, 0.6) is 5.75 Å². The van der Waals surface area contributed by atoms with Crippen molar-refractivity contribution in [2.75, 3.05) is 25.9 Å². The van der Waals surface area contributed by atoms with Crippen LogP contribution < -0.4 is 15.4 Å². The van der Waals surface area contributed by atoms with Crippen molar-refractivity contribution in [3.05, 3.63) is 29.8 Å². The van der Waals surface area contributed by atoms with E-state index in [1.807, 2.05) is 25.2 Å². The molecule has 5 heteroatoms. The number of thioether (sulfide) groups is 1. The van der Waals surface area contributed by atoms with Crippen molar-refractivity contribution >= 4 is 17.7 Å². The number of benzene rings is 1. The molecule has 1 fully saturated rings. The first-order valence-corrected chi connectivity index (χ1v) is 9.02. The molecule has 122 valence electrons. The molecule has 0 saturated carbocycles. The molecule has 0 spiro atoms. The quantitative estimate of drug-likeness (QED) is 0.625. The topological polar surface area (TPSA) is 45.7 Å². The van der Waals surface area contributed by atoms with Gasteiger partial charge in [-0.1, -0.05) is 18.2 Å². The van der Waals surface area contributed by atoms with Crippen molar-refractivity contribution in [3.8, 4) is 5.75 Å². The van der Waals surface area contributed by atoms with Gasteiger partial charge in [0.2, 0.25) is 0 Å². The molecule has 2 rings (SSSR count).